The molecular weight excluding hydrogens is 227 g/mol. The van der Waals surface area contributed by atoms with Gasteiger partial charge >= 0.3 is 6.18 Å². The first-order valence-electron chi connectivity index (χ1n) is 5.91. The van der Waals surface area contributed by atoms with E-state index in [0.29, 0.717) is 6.04 Å². The molecule has 0 aliphatic heterocycles. The molecule has 1 rings (SSSR count). The molecule has 1 unspecified atom stereocenters. The largest absolute Gasteiger partial charge is 0.416 e. The quantitative estimate of drug-likeness (QED) is 0.793. The molecule has 4 heteroatoms. The van der Waals surface area contributed by atoms with Gasteiger partial charge in [-0.15, -0.1) is 0 Å². The molecule has 0 bridgehead atoms. The summed E-state index contributed by atoms with van der Waals surface area (Å²) in [7, 11) is 0. The molecular formula is C13H18F3N. The van der Waals surface area contributed by atoms with Gasteiger partial charge in [-0.2, -0.15) is 13.2 Å². The fourth-order valence-corrected chi connectivity index (χ4v) is 1.72. The summed E-state index contributed by atoms with van der Waals surface area (Å²) in [6.07, 6.45) is -1.20. The number of alkyl halides is 3. The first-order valence-corrected chi connectivity index (χ1v) is 5.91. The maximum absolute atomic E-state index is 12.3. The van der Waals surface area contributed by atoms with Crippen molar-refractivity contribution in [1.29, 1.82) is 0 Å². The van der Waals surface area contributed by atoms with Crippen LogP contribution in [0.15, 0.2) is 24.3 Å². The Morgan fingerprint density at radius 1 is 1.12 bits per heavy atom. The van der Waals surface area contributed by atoms with Gasteiger partial charge < -0.3 is 5.32 Å². The molecule has 0 fully saturated rings. The van der Waals surface area contributed by atoms with Crippen LogP contribution in [-0.2, 0) is 6.18 Å². The van der Waals surface area contributed by atoms with Gasteiger partial charge in [0.2, 0.25) is 0 Å². The topological polar surface area (TPSA) is 12.0 Å². The SMILES string of the molecule is CCCC(CC)Nc1ccc(C(F)(F)F)cc1. The van der Waals surface area contributed by atoms with E-state index in [1.54, 1.807) is 0 Å². The Labute approximate surface area is 100 Å². The highest BCUT2D eigenvalue weighted by Crippen LogP contribution is 2.30. The van der Waals surface area contributed by atoms with E-state index in [1.165, 1.54) is 12.1 Å². The van der Waals surface area contributed by atoms with Gasteiger partial charge in [-0.1, -0.05) is 20.3 Å². The van der Waals surface area contributed by atoms with Crippen LogP contribution in [0.1, 0.15) is 38.7 Å². The van der Waals surface area contributed by atoms with Crippen molar-refractivity contribution in [3.8, 4) is 0 Å². The van der Waals surface area contributed by atoms with Crippen molar-refractivity contribution in [3.63, 3.8) is 0 Å². The van der Waals surface area contributed by atoms with Crippen molar-refractivity contribution in [1.82, 2.24) is 0 Å². The van der Waals surface area contributed by atoms with Crippen molar-refractivity contribution >= 4 is 5.69 Å². The minimum Gasteiger partial charge on any atom is -0.382 e. The predicted octanol–water partition coefficient (Wildman–Crippen LogP) is 4.70. The Hall–Kier alpha value is -1.19. The van der Waals surface area contributed by atoms with Gasteiger partial charge in [0.05, 0.1) is 5.56 Å². The summed E-state index contributed by atoms with van der Waals surface area (Å²) in [5.41, 5.74) is 0.143. The Morgan fingerprint density at radius 3 is 2.12 bits per heavy atom. The smallest absolute Gasteiger partial charge is 0.382 e. The standard InChI is InChI=1S/C13H18F3N/c1-3-5-11(4-2)17-12-8-6-10(7-9-12)13(14,15)16/h6-9,11,17H,3-5H2,1-2H3. The molecule has 1 atom stereocenters. The van der Waals surface area contributed by atoms with Crippen molar-refractivity contribution in [2.24, 2.45) is 0 Å². The fraction of sp³-hybridized carbons (Fsp3) is 0.538. The number of rotatable bonds is 5. The highest BCUT2D eigenvalue weighted by Gasteiger charge is 2.29. The molecule has 0 amide bonds. The molecule has 0 saturated heterocycles. The Morgan fingerprint density at radius 2 is 1.71 bits per heavy atom. The molecule has 1 aromatic rings. The lowest BCUT2D eigenvalue weighted by Gasteiger charge is -2.17. The zero-order chi connectivity index (χ0) is 12.9. The lowest BCUT2D eigenvalue weighted by atomic mass is 10.1. The molecule has 0 saturated carbocycles. The lowest BCUT2D eigenvalue weighted by molar-refractivity contribution is -0.137. The van der Waals surface area contributed by atoms with Crippen molar-refractivity contribution in [2.75, 3.05) is 5.32 Å². The van der Waals surface area contributed by atoms with Crippen LogP contribution < -0.4 is 5.32 Å². The van der Waals surface area contributed by atoms with Crippen LogP contribution in [0.5, 0.6) is 0 Å². The maximum atomic E-state index is 12.3. The first kappa shape index (κ1) is 13.9. The lowest BCUT2D eigenvalue weighted by Crippen LogP contribution is -2.18. The third kappa shape index (κ3) is 4.29. The second kappa shape index (κ2) is 5.94. The number of hydrogen-bond donors (Lipinski definition) is 1. The minimum absolute atomic E-state index is 0.330. The monoisotopic (exact) mass is 245 g/mol. The van der Waals surface area contributed by atoms with Crippen LogP contribution in [0.3, 0.4) is 0 Å². The zero-order valence-corrected chi connectivity index (χ0v) is 10.1. The molecule has 96 valence electrons. The summed E-state index contributed by atoms with van der Waals surface area (Å²) in [5.74, 6) is 0. The number of halogens is 3. The van der Waals surface area contributed by atoms with Crippen LogP contribution in [0.2, 0.25) is 0 Å². The number of hydrogen-bond acceptors (Lipinski definition) is 1. The van der Waals surface area contributed by atoms with Crippen molar-refractivity contribution < 1.29 is 13.2 Å². The van der Waals surface area contributed by atoms with E-state index in [-0.39, 0.29) is 0 Å². The van der Waals surface area contributed by atoms with E-state index >= 15 is 0 Å². The van der Waals surface area contributed by atoms with Gasteiger partial charge in [-0.3, -0.25) is 0 Å². The molecule has 0 aliphatic rings. The van der Waals surface area contributed by atoms with Gasteiger partial charge in [0.25, 0.3) is 0 Å². The van der Waals surface area contributed by atoms with Crippen molar-refractivity contribution in [2.45, 2.75) is 45.3 Å². The summed E-state index contributed by atoms with van der Waals surface area (Å²) in [5, 5.41) is 3.24. The fourth-order valence-electron chi connectivity index (χ4n) is 1.72. The molecule has 0 heterocycles. The first-order chi connectivity index (χ1) is 7.97. The molecule has 0 aromatic heterocycles. The second-order valence-electron chi connectivity index (χ2n) is 4.11. The van der Waals surface area contributed by atoms with Crippen molar-refractivity contribution in [3.05, 3.63) is 29.8 Å². The maximum Gasteiger partial charge on any atom is 0.416 e. The Bertz CT molecular complexity index is 330. The van der Waals surface area contributed by atoms with E-state index in [1.807, 2.05) is 0 Å². The van der Waals surface area contributed by atoms with Gasteiger partial charge in [-0.25, -0.2) is 0 Å². The predicted molar refractivity (Wildman–Crippen MR) is 64.1 cm³/mol. The van der Waals surface area contributed by atoms with Gasteiger partial charge in [0.15, 0.2) is 0 Å². The van der Waals surface area contributed by atoms with E-state index < -0.39 is 11.7 Å². The number of benzene rings is 1. The third-order valence-corrected chi connectivity index (χ3v) is 2.71. The van der Waals surface area contributed by atoms with Crippen LogP contribution in [-0.4, -0.2) is 6.04 Å². The van der Waals surface area contributed by atoms with Crippen LogP contribution in [0, 0.1) is 0 Å². The third-order valence-electron chi connectivity index (χ3n) is 2.71. The Balaban J connectivity index is 2.68. The average Bonchev–Trinajstić information content (AvgIpc) is 2.28. The van der Waals surface area contributed by atoms with E-state index in [4.69, 9.17) is 0 Å². The summed E-state index contributed by atoms with van der Waals surface area (Å²) < 4.78 is 37.0. The normalized spacial score (nSPS) is 13.5. The zero-order valence-electron chi connectivity index (χ0n) is 10.1. The highest BCUT2D eigenvalue weighted by atomic mass is 19.4. The molecule has 17 heavy (non-hydrogen) atoms. The number of anilines is 1. The van der Waals surface area contributed by atoms with Gasteiger partial charge in [-0.05, 0) is 37.1 Å². The summed E-state index contributed by atoms with van der Waals surface area (Å²) in [6, 6.07) is 5.53. The van der Waals surface area contributed by atoms with Gasteiger partial charge in [0.1, 0.15) is 0 Å². The van der Waals surface area contributed by atoms with E-state index in [2.05, 4.69) is 19.2 Å². The Kier molecular flexibility index (Phi) is 4.85. The molecule has 1 N–H and O–H groups in total. The minimum atomic E-state index is -4.26. The van der Waals surface area contributed by atoms with Crippen LogP contribution >= 0.6 is 0 Å². The molecule has 1 nitrogen and oxygen atoms in total. The molecule has 0 radical (unpaired) electrons. The molecule has 0 aliphatic carbocycles. The highest BCUT2D eigenvalue weighted by molar-refractivity contribution is 5.45. The summed E-state index contributed by atoms with van der Waals surface area (Å²) >= 11 is 0. The molecule has 1 aromatic carbocycles. The van der Waals surface area contributed by atoms with E-state index in [0.717, 1.165) is 37.1 Å². The average molecular weight is 245 g/mol. The summed E-state index contributed by atoms with van der Waals surface area (Å²) in [6.45, 7) is 4.16. The molecule has 0 spiro atoms. The van der Waals surface area contributed by atoms with Gasteiger partial charge in [0, 0.05) is 11.7 Å². The van der Waals surface area contributed by atoms with Crippen LogP contribution in [0.25, 0.3) is 0 Å². The number of nitrogens with one attached hydrogen (secondary N) is 1. The van der Waals surface area contributed by atoms with E-state index in [9.17, 15) is 13.2 Å². The second-order valence-corrected chi connectivity index (χ2v) is 4.11. The summed E-state index contributed by atoms with van der Waals surface area (Å²) in [4.78, 5) is 0. The van der Waals surface area contributed by atoms with Crippen LogP contribution in [0.4, 0.5) is 18.9 Å².